The maximum Gasteiger partial charge on any atom is 0.261 e. The van der Waals surface area contributed by atoms with Gasteiger partial charge in [-0.3, -0.25) is 14.5 Å². The molecule has 4 rings (SSSR count). The van der Waals surface area contributed by atoms with Crippen molar-refractivity contribution in [2.24, 2.45) is 0 Å². The molecule has 0 bridgehead atoms. The SMILES string of the molecule is Cc1c(C(=O)NC2CCN(Cc3ccccc3)CC2)sc2nc(CN(C)C)[nH]c(=O)c12. The highest BCUT2D eigenvalue weighted by molar-refractivity contribution is 7.20. The summed E-state index contributed by atoms with van der Waals surface area (Å²) in [5, 5.41) is 3.71. The van der Waals surface area contributed by atoms with Crippen LogP contribution >= 0.6 is 11.3 Å². The van der Waals surface area contributed by atoms with Crippen molar-refractivity contribution in [1.29, 1.82) is 0 Å². The number of hydrogen-bond acceptors (Lipinski definition) is 6. The normalized spacial score (nSPS) is 15.6. The monoisotopic (exact) mass is 439 g/mol. The van der Waals surface area contributed by atoms with Gasteiger partial charge in [0.1, 0.15) is 10.7 Å². The van der Waals surface area contributed by atoms with Crippen LogP contribution in [0.4, 0.5) is 0 Å². The number of carbonyl (C=O) groups excluding carboxylic acids is 1. The molecule has 7 nitrogen and oxygen atoms in total. The van der Waals surface area contributed by atoms with E-state index >= 15 is 0 Å². The predicted octanol–water partition coefficient (Wildman–Crippen LogP) is 2.75. The van der Waals surface area contributed by atoms with E-state index in [4.69, 9.17) is 0 Å². The van der Waals surface area contributed by atoms with Crippen molar-refractivity contribution in [1.82, 2.24) is 25.1 Å². The smallest absolute Gasteiger partial charge is 0.261 e. The Kier molecular flexibility index (Phi) is 6.50. The molecule has 1 fully saturated rings. The number of thiophene rings is 1. The number of H-pyrrole nitrogens is 1. The fourth-order valence-electron chi connectivity index (χ4n) is 4.11. The highest BCUT2D eigenvalue weighted by atomic mass is 32.1. The molecule has 0 radical (unpaired) electrons. The Morgan fingerprint density at radius 1 is 1.26 bits per heavy atom. The number of likely N-dealkylation sites (tertiary alicyclic amines) is 1. The third kappa shape index (κ3) is 5.03. The Morgan fingerprint density at radius 3 is 2.65 bits per heavy atom. The van der Waals surface area contributed by atoms with Crippen LogP contribution < -0.4 is 10.9 Å². The number of aromatic amines is 1. The summed E-state index contributed by atoms with van der Waals surface area (Å²) < 4.78 is 0. The van der Waals surface area contributed by atoms with Gasteiger partial charge in [-0.1, -0.05) is 30.3 Å². The van der Waals surface area contributed by atoms with Gasteiger partial charge >= 0.3 is 0 Å². The zero-order valence-corrected chi connectivity index (χ0v) is 19.1. The molecular formula is C23H29N5O2S. The van der Waals surface area contributed by atoms with Gasteiger partial charge in [0.15, 0.2) is 0 Å². The van der Waals surface area contributed by atoms with Crippen LogP contribution in [-0.4, -0.2) is 58.9 Å². The van der Waals surface area contributed by atoms with Crippen molar-refractivity contribution >= 4 is 27.5 Å². The number of aromatic nitrogens is 2. The molecule has 1 aliphatic heterocycles. The number of nitrogens with one attached hydrogen (secondary N) is 2. The van der Waals surface area contributed by atoms with Crippen LogP contribution in [0.3, 0.4) is 0 Å². The van der Waals surface area contributed by atoms with E-state index in [1.54, 1.807) is 0 Å². The van der Waals surface area contributed by atoms with E-state index in [0.29, 0.717) is 33.0 Å². The molecule has 3 aromatic rings. The fourth-order valence-corrected chi connectivity index (χ4v) is 5.21. The van der Waals surface area contributed by atoms with Gasteiger partial charge in [-0.15, -0.1) is 11.3 Å². The summed E-state index contributed by atoms with van der Waals surface area (Å²) in [5.74, 6) is 0.511. The number of piperidine rings is 1. The topological polar surface area (TPSA) is 81.3 Å². The molecule has 3 heterocycles. The highest BCUT2D eigenvalue weighted by Gasteiger charge is 2.24. The van der Waals surface area contributed by atoms with Crippen LogP contribution in [0.2, 0.25) is 0 Å². The van der Waals surface area contributed by atoms with Crippen molar-refractivity contribution in [3.05, 3.63) is 62.5 Å². The summed E-state index contributed by atoms with van der Waals surface area (Å²) in [4.78, 5) is 38.6. The van der Waals surface area contributed by atoms with Crippen LogP contribution in [0.15, 0.2) is 35.1 Å². The summed E-state index contributed by atoms with van der Waals surface area (Å²) in [6.45, 7) is 5.24. The maximum atomic E-state index is 13.0. The van der Waals surface area contributed by atoms with E-state index in [1.165, 1.54) is 16.9 Å². The molecule has 0 saturated carbocycles. The molecule has 1 aliphatic rings. The van der Waals surface area contributed by atoms with Crippen LogP contribution in [0.5, 0.6) is 0 Å². The minimum atomic E-state index is -0.177. The van der Waals surface area contributed by atoms with Crippen LogP contribution in [0, 0.1) is 6.92 Å². The molecule has 1 saturated heterocycles. The molecule has 1 amide bonds. The number of aryl methyl sites for hydroxylation is 1. The minimum Gasteiger partial charge on any atom is -0.349 e. The lowest BCUT2D eigenvalue weighted by atomic mass is 10.0. The molecular weight excluding hydrogens is 410 g/mol. The lowest BCUT2D eigenvalue weighted by molar-refractivity contribution is 0.0912. The first-order chi connectivity index (χ1) is 14.9. The standard InChI is InChI=1S/C23H29N5O2S/c1-15-19-21(29)25-18(14-27(2)3)26-23(19)31-20(15)22(30)24-17-9-11-28(12-10-17)13-16-7-5-4-6-8-16/h4-8,17H,9-14H2,1-3H3,(H,24,30)(H,25,26,29). The number of rotatable bonds is 6. The average molecular weight is 440 g/mol. The third-order valence-corrected chi connectivity index (χ3v) is 6.88. The molecule has 0 spiro atoms. The second-order valence-corrected chi connectivity index (χ2v) is 9.50. The van der Waals surface area contributed by atoms with Gasteiger partial charge in [0.25, 0.3) is 11.5 Å². The summed E-state index contributed by atoms with van der Waals surface area (Å²) in [6, 6.07) is 10.6. The van der Waals surface area contributed by atoms with Crippen molar-refractivity contribution in [2.75, 3.05) is 27.2 Å². The van der Waals surface area contributed by atoms with Crippen molar-refractivity contribution in [3.8, 4) is 0 Å². The number of nitrogens with zero attached hydrogens (tertiary/aromatic N) is 3. The zero-order valence-electron chi connectivity index (χ0n) is 18.3. The fraction of sp³-hybridized carbons (Fsp3) is 0.435. The maximum absolute atomic E-state index is 13.0. The summed E-state index contributed by atoms with van der Waals surface area (Å²) >= 11 is 1.31. The van der Waals surface area contributed by atoms with E-state index in [0.717, 1.165) is 32.5 Å². The van der Waals surface area contributed by atoms with Gasteiger partial charge in [0.05, 0.1) is 16.8 Å². The molecule has 1 aromatic carbocycles. The number of fused-ring (bicyclic) bond motifs is 1. The molecule has 164 valence electrons. The van der Waals surface area contributed by atoms with E-state index < -0.39 is 0 Å². The van der Waals surface area contributed by atoms with E-state index in [1.807, 2.05) is 32.0 Å². The minimum absolute atomic E-state index is 0.101. The van der Waals surface area contributed by atoms with Gasteiger partial charge in [0.2, 0.25) is 0 Å². The summed E-state index contributed by atoms with van der Waals surface area (Å²) in [6.07, 6.45) is 1.85. The summed E-state index contributed by atoms with van der Waals surface area (Å²) in [7, 11) is 3.85. The first-order valence-electron chi connectivity index (χ1n) is 10.6. The largest absolute Gasteiger partial charge is 0.349 e. The molecule has 0 aliphatic carbocycles. The quantitative estimate of drug-likeness (QED) is 0.617. The third-order valence-electron chi connectivity index (χ3n) is 5.69. The molecule has 0 atom stereocenters. The number of hydrogen-bond donors (Lipinski definition) is 2. The van der Waals surface area contributed by atoms with E-state index in [2.05, 4.69) is 44.5 Å². The highest BCUT2D eigenvalue weighted by Crippen LogP contribution is 2.27. The number of benzene rings is 1. The molecule has 2 N–H and O–H groups in total. The lowest BCUT2D eigenvalue weighted by Gasteiger charge is -2.32. The molecule has 31 heavy (non-hydrogen) atoms. The zero-order chi connectivity index (χ0) is 22.0. The molecule has 8 heteroatoms. The first kappa shape index (κ1) is 21.7. The van der Waals surface area contributed by atoms with Crippen LogP contribution in [0.1, 0.15) is 39.5 Å². The second kappa shape index (κ2) is 9.30. The van der Waals surface area contributed by atoms with Gasteiger partial charge in [-0.25, -0.2) is 4.98 Å². The Balaban J connectivity index is 1.41. The summed E-state index contributed by atoms with van der Waals surface area (Å²) in [5.41, 5.74) is 1.85. The Labute approximate surface area is 186 Å². The van der Waals surface area contributed by atoms with Gasteiger partial charge in [-0.05, 0) is 45.0 Å². The second-order valence-electron chi connectivity index (χ2n) is 8.50. The lowest BCUT2D eigenvalue weighted by Crippen LogP contribution is -2.44. The molecule has 0 unspecified atom stereocenters. The number of carbonyl (C=O) groups is 1. The Hall–Kier alpha value is -2.55. The van der Waals surface area contributed by atoms with Crippen LogP contribution in [0.25, 0.3) is 10.2 Å². The Bertz CT molecular complexity index is 1110. The van der Waals surface area contributed by atoms with Crippen molar-refractivity contribution < 1.29 is 4.79 Å². The molecule has 2 aromatic heterocycles. The predicted molar refractivity (Wildman–Crippen MR) is 125 cm³/mol. The Morgan fingerprint density at radius 2 is 1.97 bits per heavy atom. The van der Waals surface area contributed by atoms with Crippen molar-refractivity contribution in [3.63, 3.8) is 0 Å². The van der Waals surface area contributed by atoms with Gasteiger partial charge in [-0.2, -0.15) is 0 Å². The van der Waals surface area contributed by atoms with E-state index in [-0.39, 0.29) is 17.5 Å². The van der Waals surface area contributed by atoms with Crippen molar-refractivity contribution in [2.45, 2.75) is 38.9 Å². The van der Waals surface area contributed by atoms with Gasteiger partial charge < -0.3 is 15.2 Å². The average Bonchev–Trinajstić information content (AvgIpc) is 3.06. The van der Waals surface area contributed by atoms with Crippen LogP contribution in [-0.2, 0) is 13.1 Å². The van der Waals surface area contributed by atoms with E-state index in [9.17, 15) is 9.59 Å². The number of amides is 1. The first-order valence-corrected chi connectivity index (χ1v) is 11.5. The van der Waals surface area contributed by atoms with Gasteiger partial charge in [0, 0.05) is 25.7 Å².